The van der Waals surface area contributed by atoms with Crippen LogP contribution in [0.25, 0.3) is 6.08 Å². The summed E-state index contributed by atoms with van der Waals surface area (Å²) in [5.74, 6) is 1.83. The summed E-state index contributed by atoms with van der Waals surface area (Å²) in [7, 11) is 6.23. The van der Waals surface area contributed by atoms with E-state index >= 15 is 0 Å². The Morgan fingerprint density at radius 1 is 0.902 bits per heavy atom. The highest BCUT2D eigenvalue weighted by Crippen LogP contribution is 2.37. The van der Waals surface area contributed by atoms with Crippen molar-refractivity contribution in [3.05, 3.63) is 109 Å². The molecule has 1 aliphatic heterocycles. The molecule has 210 valence electrons. The highest BCUT2D eigenvalue weighted by atomic mass is 32.1. The standard InChI is InChI=1S/C31H29N3O6S/c1-18-27(29(35)33-20-9-7-6-8-10-20)28(22-13-12-21(37-2)17-24(22)39-4)34-30(36)26(41-31(34)32-18)16-19-11-14-23(38-3)25(15-19)40-5/h6-17,28H,1-5H3,(H,33,35)/b26-16-/t28-/m1/s1. The maximum atomic E-state index is 14.0. The summed E-state index contributed by atoms with van der Waals surface area (Å²) in [6.45, 7) is 1.77. The fourth-order valence-electron chi connectivity index (χ4n) is 4.76. The van der Waals surface area contributed by atoms with E-state index in [0.717, 1.165) is 5.56 Å². The van der Waals surface area contributed by atoms with Gasteiger partial charge in [-0.2, -0.15) is 0 Å². The quantitative estimate of drug-likeness (QED) is 0.344. The highest BCUT2D eigenvalue weighted by molar-refractivity contribution is 7.07. The molecule has 1 aliphatic rings. The number of fused-ring (bicyclic) bond motifs is 1. The van der Waals surface area contributed by atoms with E-state index in [-0.39, 0.29) is 11.5 Å². The molecule has 0 aliphatic carbocycles. The Morgan fingerprint density at radius 2 is 1.63 bits per heavy atom. The van der Waals surface area contributed by atoms with Crippen LogP contribution in [0.1, 0.15) is 24.1 Å². The summed E-state index contributed by atoms with van der Waals surface area (Å²) in [5.41, 5.74) is 2.56. The van der Waals surface area contributed by atoms with Gasteiger partial charge in [0.25, 0.3) is 11.5 Å². The third-order valence-electron chi connectivity index (χ3n) is 6.74. The van der Waals surface area contributed by atoms with Gasteiger partial charge in [-0.15, -0.1) is 0 Å². The van der Waals surface area contributed by atoms with E-state index in [2.05, 4.69) is 5.32 Å². The molecule has 1 N–H and O–H groups in total. The van der Waals surface area contributed by atoms with Crippen LogP contribution in [0.3, 0.4) is 0 Å². The number of para-hydroxylation sites is 1. The van der Waals surface area contributed by atoms with Crippen molar-refractivity contribution in [2.75, 3.05) is 33.8 Å². The normalized spacial score (nSPS) is 14.7. The molecule has 1 amide bonds. The molecular weight excluding hydrogens is 542 g/mol. The smallest absolute Gasteiger partial charge is 0.271 e. The van der Waals surface area contributed by atoms with Crippen LogP contribution in [0.5, 0.6) is 23.0 Å². The van der Waals surface area contributed by atoms with Crippen molar-refractivity contribution < 1.29 is 23.7 Å². The fraction of sp³-hybridized carbons (Fsp3) is 0.194. The Labute approximate surface area is 240 Å². The number of ether oxygens (including phenoxy) is 4. The van der Waals surface area contributed by atoms with E-state index in [1.807, 2.05) is 30.3 Å². The summed E-state index contributed by atoms with van der Waals surface area (Å²) in [5, 5.41) is 2.95. The SMILES string of the molecule is COc1ccc([C@@H]2C(C(=O)Nc3ccccc3)=C(C)N=c3s/c(=C\c4ccc(OC)c(OC)c4)c(=O)n32)c(OC)c1. The zero-order valence-electron chi connectivity index (χ0n) is 23.3. The molecule has 0 unspecified atom stereocenters. The van der Waals surface area contributed by atoms with E-state index in [4.69, 9.17) is 23.9 Å². The molecule has 0 fully saturated rings. The van der Waals surface area contributed by atoms with Crippen LogP contribution in [-0.2, 0) is 4.79 Å². The number of rotatable bonds is 8. The summed E-state index contributed by atoms with van der Waals surface area (Å²) in [6.07, 6.45) is 1.77. The van der Waals surface area contributed by atoms with E-state index in [1.165, 1.54) is 11.3 Å². The van der Waals surface area contributed by atoms with Gasteiger partial charge in [-0.3, -0.25) is 14.2 Å². The number of benzene rings is 3. The minimum atomic E-state index is -0.802. The second-order valence-electron chi connectivity index (χ2n) is 9.12. The summed E-state index contributed by atoms with van der Waals surface area (Å²) in [4.78, 5) is 33.0. The molecule has 1 aromatic heterocycles. The number of allylic oxidation sites excluding steroid dienone is 1. The first-order valence-corrected chi connectivity index (χ1v) is 13.5. The van der Waals surface area contributed by atoms with Gasteiger partial charge in [0.05, 0.1) is 44.2 Å². The molecule has 0 saturated carbocycles. The van der Waals surface area contributed by atoms with E-state index in [1.54, 1.807) is 82.4 Å². The van der Waals surface area contributed by atoms with Gasteiger partial charge in [0.1, 0.15) is 17.5 Å². The van der Waals surface area contributed by atoms with Crippen LogP contribution in [0, 0.1) is 0 Å². The first-order valence-electron chi connectivity index (χ1n) is 12.7. The number of carbonyl (C=O) groups excluding carboxylic acids is 1. The lowest BCUT2D eigenvalue weighted by Crippen LogP contribution is -2.40. The minimum absolute atomic E-state index is 0.288. The van der Waals surface area contributed by atoms with Gasteiger partial charge in [0, 0.05) is 17.3 Å². The second kappa shape index (κ2) is 11.7. The van der Waals surface area contributed by atoms with Gasteiger partial charge in [0.15, 0.2) is 16.3 Å². The molecule has 10 heteroatoms. The average molecular weight is 572 g/mol. The Balaban J connectivity index is 1.71. The fourth-order valence-corrected chi connectivity index (χ4v) is 5.81. The van der Waals surface area contributed by atoms with Crippen molar-refractivity contribution >= 4 is 29.0 Å². The Kier molecular flexibility index (Phi) is 7.93. The number of hydrogen-bond acceptors (Lipinski definition) is 8. The lowest BCUT2D eigenvalue weighted by Gasteiger charge is -2.26. The van der Waals surface area contributed by atoms with Crippen molar-refractivity contribution in [3.8, 4) is 23.0 Å². The van der Waals surface area contributed by atoms with Gasteiger partial charge in [-0.1, -0.05) is 35.6 Å². The van der Waals surface area contributed by atoms with Crippen LogP contribution < -0.4 is 39.2 Å². The molecule has 4 aromatic rings. The van der Waals surface area contributed by atoms with Crippen molar-refractivity contribution in [1.82, 2.24) is 4.57 Å². The molecule has 41 heavy (non-hydrogen) atoms. The number of nitrogens with zero attached hydrogens (tertiary/aromatic N) is 2. The number of hydrogen-bond donors (Lipinski definition) is 1. The number of thiazole rings is 1. The van der Waals surface area contributed by atoms with Gasteiger partial charge in [0.2, 0.25) is 0 Å². The molecule has 0 saturated heterocycles. The van der Waals surface area contributed by atoms with Gasteiger partial charge in [-0.05, 0) is 55.0 Å². The number of amides is 1. The monoisotopic (exact) mass is 571 g/mol. The van der Waals surface area contributed by atoms with Crippen LogP contribution in [0.2, 0.25) is 0 Å². The van der Waals surface area contributed by atoms with Crippen molar-refractivity contribution in [2.24, 2.45) is 4.99 Å². The lowest BCUT2D eigenvalue weighted by molar-refractivity contribution is -0.113. The highest BCUT2D eigenvalue weighted by Gasteiger charge is 2.34. The summed E-state index contributed by atoms with van der Waals surface area (Å²) >= 11 is 1.25. The molecule has 5 rings (SSSR count). The molecule has 0 radical (unpaired) electrons. The molecule has 0 spiro atoms. The number of methoxy groups -OCH3 is 4. The summed E-state index contributed by atoms with van der Waals surface area (Å²) in [6, 6.07) is 19.1. The Morgan fingerprint density at radius 3 is 2.32 bits per heavy atom. The molecule has 3 aromatic carbocycles. The zero-order chi connectivity index (χ0) is 29.1. The molecule has 0 bridgehead atoms. The van der Waals surface area contributed by atoms with Crippen LogP contribution in [0.4, 0.5) is 5.69 Å². The van der Waals surface area contributed by atoms with Gasteiger partial charge >= 0.3 is 0 Å². The third kappa shape index (κ3) is 5.33. The van der Waals surface area contributed by atoms with E-state index in [9.17, 15) is 9.59 Å². The van der Waals surface area contributed by atoms with Crippen LogP contribution in [-0.4, -0.2) is 38.9 Å². The topological polar surface area (TPSA) is 100 Å². The first kappa shape index (κ1) is 27.7. The van der Waals surface area contributed by atoms with Crippen molar-refractivity contribution in [2.45, 2.75) is 13.0 Å². The van der Waals surface area contributed by atoms with E-state index < -0.39 is 6.04 Å². The number of nitrogens with one attached hydrogen (secondary N) is 1. The van der Waals surface area contributed by atoms with Crippen LogP contribution >= 0.6 is 11.3 Å². The lowest BCUT2D eigenvalue weighted by atomic mass is 9.94. The average Bonchev–Trinajstić information content (AvgIpc) is 3.30. The van der Waals surface area contributed by atoms with Crippen molar-refractivity contribution in [1.29, 1.82) is 0 Å². The largest absolute Gasteiger partial charge is 0.497 e. The van der Waals surface area contributed by atoms with E-state index in [0.29, 0.717) is 54.9 Å². The molecule has 2 heterocycles. The predicted molar refractivity (Wildman–Crippen MR) is 158 cm³/mol. The second-order valence-corrected chi connectivity index (χ2v) is 10.1. The maximum absolute atomic E-state index is 14.0. The number of aromatic nitrogens is 1. The predicted octanol–water partition coefficient (Wildman–Crippen LogP) is 3.91. The zero-order valence-corrected chi connectivity index (χ0v) is 24.1. The van der Waals surface area contributed by atoms with Crippen LogP contribution in [0.15, 0.2) is 87.8 Å². The Hall–Kier alpha value is -4.83. The third-order valence-corrected chi connectivity index (χ3v) is 7.72. The molecule has 1 atom stereocenters. The van der Waals surface area contributed by atoms with Gasteiger partial charge in [-0.25, -0.2) is 4.99 Å². The maximum Gasteiger partial charge on any atom is 0.271 e. The van der Waals surface area contributed by atoms with Gasteiger partial charge < -0.3 is 24.3 Å². The van der Waals surface area contributed by atoms with Crippen molar-refractivity contribution in [3.63, 3.8) is 0 Å². The molecule has 9 nitrogen and oxygen atoms in total. The first-order chi connectivity index (χ1) is 19.9. The number of anilines is 1. The molecular formula is C31H29N3O6S. The summed E-state index contributed by atoms with van der Waals surface area (Å²) < 4.78 is 23.9. The Bertz CT molecular complexity index is 1820. The minimum Gasteiger partial charge on any atom is -0.497 e. The number of carbonyl (C=O) groups is 1.